The molecule has 0 aromatic heterocycles. The first kappa shape index (κ1) is 32.0. The van der Waals surface area contributed by atoms with Gasteiger partial charge in [0.05, 0.1) is 20.8 Å². The molecule has 0 N–H and O–H groups in total. The molecule has 0 unspecified atom stereocenters. The minimum absolute atomic E-state index is 0.216. The fraction of sp³-hybridized carbons (Fsp3) is 0.618. The lowest BCUT2D eigenvalue weighted by Crippen LogP contribution is -2.43. The van der Waals surface area contributed by atoms with Gasteiger partial charge in [-0.25, -0.2) is 0 Å². The molecule has 42 heavy (non-hydrogen) atoms. The Morgan fingerprint density at radius 1 is 0.976 bits per heavy atom. The molecule has 1 amide bonds. The number of amides is 1. The molecule has 2 aliphatic heterocycles. The van der Waals surface area contributed by atoms with Gasteiger partial charge in [0, 0.05) is 25.7 Å². The molecule has 2 aliphatic rings. The molecule has 0 saturated carbocycles. The van der Waals surface area contributed by atoms with E-state index in [1.165, 1.54) is 11.1 Å². The Morgan fingerprint density at radius 3 is 2.50 bits per heavy atom. The fourth-order valence-corrected chi connectivity index (χ4v) is 6.26. The molecule has 0 aliphatic carbocycles. The second kappa shape index (κ2) is 16.0. The molecule has 0 spiro atoms. The molecular weight excluding hydrogens is 530 g/mol. The molecule has 232 valence electrons. The van der Waals surface area contributed by atoms with E-state index in [1.807, 2.05) is 12.1 Å². The molecule has 1 saturated heterocycles. The number of aryl methyl sites for hydroxylation is 1. The summed E-state index contributed by atoms with van der Waals surface area (Å²) in [7, 11) is 7.62. The van der Waals surface area contributed by atoms with Gasteiger partial charge in [-0.05, 0) is 101 Å². The van der Waals surface area contributed by atoms with E-state index < -0.39 is 0 Å². The molecule has 4 rings (SSSR count). The summed E-state index contributed by atoms with van der Waals surface area (Å²) in [5.41, 5.74) is 2.42. The van der Waals surface area contributed by atoms with Crippen LogP contribution in [-0.2, 0) is 11.2 Å². The number of ether oxygens (including phenoxy) is 4. The summed E-state index contributed by atoms with van der Waals surface area (Å²) < 4.78 is 22.6. The first-order valence-corrected chi connectivity index (χ1v) is 15.7. The van der Waals surface area contributed by atoms with Crippen LogP contribution in [0.4, 0.5) is 0 Å². The van der Waals surface area contributed by atoms with E-state index in [-0.39, 0.29) is 12.7 Å². The molecule has 0 bridgehead atoms. The number of methoxy groups -OCH3 is 2. The number of carbonyl (C=O) groups is 1. The van der Waals surface area contributed by atoms with Crippen molar-refractivity contribution in [1.82, 2.24) is 14.7 Å². The van der Waals surface area contributed by atoms with Crippen LogP contribution in [0.25, 0.3) is 0 Å². The maximum absolute atomic E-state index is 13.8. The molecule has 2 aromatic carbocycles. The minimum Gasteiger partial charge on any atom is -0.496 e. The minimum atomic E-state index is 0.216. The van der Waals surface area contributed by atoms with Gasteiger partial charge in [-0.2, -0.15) is 0 Å². The highest BCUT2D eigenvalue weighted by Gasteiger charge is 2.36. The zero-order valence-corrected chi connectivity index (χ0v) is 26.4. The van der Waals surface area contributed by atoms with E-state index in [0.29, 0.717) is 30.0 Å². The lowest BCUT2D eigenvalue weighted by Gasteiger charge is -2.29. The molecule has 8 nitrogen and oxygen atoms in total. The largest absolute Gasteiger partial charge is 0.496 e. The molecule has 2 atom stereocenters. The maximum atomic E-state index is 13.8. The number of benzene rings is 2. The average Bonchev–Trinajstić information content (AvgIpc) is 3.63. The van der Waals surface area contributed by atoms with Crippen molar-refractivity contribution in [2.75, 3.05) is 67.8 Å². The van der Waals surface area contributed by atoms with E-state index in [0.717, 1.165) is 89.0 Å². The number of rotatable bonds is 17. The Kier molecular flexibility index (Phi) is 12.2. The second-order valence-electron chi connectivity index (χ2n) is 11.9. The summed E-state index contributed by atoms with van der Waals surface area (Å²) in [6, 6.07) is 12.8. The van der Waals surface area contributed by atoms with Gasteiger partial charge in [0.2, 0.25) is 18.4 Å². The lowest BCUT2D eigenvalue weighted by molar-refractivity contribution is -0.132. The van der Waals surface area contributed by atoms with Gasteiger partial charge >= 0.3 is 0 Å². The lowest BCUT2D eigenvalue weighted by atomic mass is 9.93. The Morgan fingerprint density at radius 2 is 1.74 bits per heavy atom. The smallest absolute Gasteiger partial charge is 0.236 e. The van der Waals surface area contributed by atoms with Crippen LogP contribution in [-0.4, -0.2) is 94.5 Å². The van der Waals surface area contributed by atoms with Crippen molar-refractivity contribution in [3.05, 3.63) is 47.5 Å². The summed E-state index contributed by atoms with van der Waals surface area (Å²) >= 11 is 0. The quantitative estimate of drug-likeness (QED) is 0.226. The third-order valence-corrected chi connectivity index (χ3v) is 8.61. The van der Waals surface area contributed by atoms with Crippen molar-refractivity contribution >= 4 is 5.91 Å². The number of likely N-dealkylation sites (tertiary alicyclic amines) is 1. The highest BCUT2D eigenvalue weighted by molar-refractivity contribution is 5.78. The molecule has 8 heteroatoms. The Labute approximate surface area is 252 Å². The highest BCUT2D eigenvalue weighted by atomic mass is 16.7. The number of fused-ring (bicyclic) bond motifs is 1. The Bertz CT molecular complexity index is 1140. The predicted molar refractivity (Wildman–Crippen MR) is 167 cm³/mol. The van der Waals surface area contributed by atoms with Crippen molar-refractivity contribution < 1.29 is 23.7 Å². The number of unbranched alkanes of at least 4 members (excludes halogenated alkanes) is 2. The van der Waals surface area contributed by atoms with Gasteiger partial charge in [-0.1, -0.05) is 31.5 Å². The number of para-hydroxylation sites is 1. The monoisotopic (exact) mass is 581 g/mol. The van der Waals surface area contributed by atoms with Crippen molar-refractivity contribution in [3.8, 4) is 23.0 Å². The zero-order valence-electron chi connectivity index (χ0n) is 26.4. The van der Waals surface area contributed by atoms with E-state index in [2.05, 4.69) is 60.0 Å². The molecule has 0 radical (unpaired) electrons. The van der Waals surface area contributed by atoms with Gasteiger partial charge in [0.1, 0.15) is 5.75 Å². The number of hydrogen-bond donors (Lipinski definition) is 0. The summed E-state index contributed by atoms with van der Waals surface area (Å²) in [6.07, 6.45) is 8.30. The number of hydrogen-bond acceptors (Lipinski definition) is 7. The average molecular weight is 582 g/mol. The van der Waals surface area contributed by atoms with Crippen LogP contribution in [0.15, 0.2) is 36.4 Å². The maximum Gasteiger partial charge on any atom is 0.236 e. The van der Waals surface area contributed by atoms with Crippen LogP contribution in [0, 0.1) is 0 Å². The first-order valence-electron chi connectivity index (χ1n) is 15.7. The van der Waals surface area contributed by atoms with Crippen LogP contribution >= 0.6 is 0 Å². The van der Waals surface area contributed by atoms with Gasteiger partial charge in [-0.3, -0.25) is 9.69 Å². The Balaban J connectivity index is 1.47. The van der Waals surface area contributed by atoms with Crippen molar-refractivity contribution in [3.63, 3.8) is 0 Å². The van der Waals surface area contributed by atoms with Crippen LogP contribution in [0.3, 0.4) is 0 Å². The summed E-state index contributed by atoms with van der Waals surface area (Å²) in [5.74, 6) is 3.64. The third-order valence-electron chi connectivity index (χ3n) is 8.61. The third kappa shape index (κ3) is 8.54. The van der Waals surface area contributed by atoms with E-state index >= 15 is 0 Å². The number of nitrogens with zero attached hydrogens (tertiary/aromatic N) is 3. The van der Waals surface area contributed by atoms with Gasteiger partial charge in [0.25, 0.3) is 0 Å². The zero-order chi connectivity index (χ0) is 29.9. The van der Waals surface area contributed by atoms with Crippen LogP contribution < -0.4 is 18.9 Å². The van der Waals surface area contributed by atoms with E-state index in [4.69, 9.17) is 18.9 Å². The normalized spacial score (nSPS) is 18.0. The molecule has 2 heterocycles. The van der Waals surface area contributed by atoms with Gasteiger partial charge in [-0.15, -0.1) is 0 Å². The van der Waals surface area contributed by atoms with Gasteiger partial charge < -0.3 is 28.7 Å². The van der Waals surface area contributed by atoms with E-state index in [1.54, 1.807) is 14.2 Å². The Hall–Kier alpha value is -2.97. The van der Waals surface area contributed by atoms with Gasteiger partial charge in [0.15, 0.2) is 11.5 Å². The van der Waals surface area contributed by atoms with Crippen molar-refractivity contribution in [2.24, 2.45) is 0 Å². The number of carbonyl (C=O) groups excluding carboxylic acids is 1. The highest BCUT2D eigenvalue weighted by Crippen LogP contribution is 2.45. The second-order valence-corrected chi connectivity index (χ2v) is 11.9. The molecular formula is C34H51N3O5. The first-order chi connectivity index (χ1) is 20.4. The summed E-state index contributed by atoms with van der Waals surface area (Å²) in [6.45, 7) is 6.45. The van der Waals surface area contributed by atoms with Crippen molar-refractivity contribution in [1.29, 1.82) is 0 Å². The summed E-state index contributed by atoms with van der Waals surface area (Å²) in [4.78, 5) is 20.5. The van der Waals surface area contributed by atoms with Crippen molar-refractivity contribution in [2.45, 2.75) is 70.3 Å². The van der Waals surface area contributed by atoms with E-state index in [9.17, 15) is 4.79 Å². The standard InChI is InChI=1S/C34H51N3O5/c1-6-7-18-36(19-11-10-17-35(2)3)33(38)24-37-23-28(27-21-31(40-5)34-32(22-27)41-25-42-34)20-29(37)15-12-14-26-13-8-9-16-30(26)39-4/h8-9,13,16,21-22,28-29H,6-7,10-12,14-15,17-20,23-25H2,1-5H3/t28-,29+/m1/s1. The molecule has 1 fully saturated rings. The topological polar surface area (TPSA) is 63.7 Å². The van der Waals surface area contributed by atoms with Crippen LogP contribution in [0.1, 0.15) is 68.9 Å². The van der Waals surface area contributed by atoms with Crippen LogP contribution in [0.5, 0.6) is 23.0 Å². The molecule has 2 aromatic rings. The predicted octanol–water partition coefficient (Wildman–Crippen LogP) is 5.58. The SMILES string of the molecule is CCCCN(CCCCN(C)C)C(=O)CN1C[C@H](c2cc(OC)c3c(c2)OCO3)C[C@@H]1CCCc1ccccc1OC. The summed E-state index contributed by atoms with van der Waals surface area (Å²) in [5, 5.41) is 0. The fourth-order valence-electron chi connectivity index (χ4n) is 6.26. The van der Waals surface area contributed by atoms with Crippen LogP contribution in [0.2, 0.25) is 0 Å².